The van der Waals surface area contributed by atoms with Gasteiger partial charge in [0, 0.05) is 6.54 Å². The summed E-state index contributed by atoms with van der Waals surface area (Å²) in [4.78, 5) is 2.09. The lowest BCUT2D eigenvalue weighted by atomic mass is 10.1. The van der Waals surface area contributed by atoms with E-state index in [4.69, 9.17) is 0 Å². The minimum absolute atomic E-state index is 0.369. The number of likely N-dealkylation sites (N-methyl/N-ethyl adjacent to an activating group) is 1. The quantitative estimate of drug-likeness (QED) is 0.760. The molecule has 1 rings (SSSR count). The lowest BCUT2D eigenvalue weighted by molar-refractivity contribution is 0.129. The van der Waals surface area contributed by atoms with E-state index >= 15 is 0 Å². The smallest absolute Gasteiger partial charge is 0.0916 e. The molecule has 1 atom stereocenters. The summed E-state index contributed by atoms with van der Waals surface area (Å²) in [6.45, 7) is 3.74. The van der Waals surface area contributed by atoms with Crippen LogP contribution in [-0.2, 0) is 0 Å². The zero-order chi connectivity index (χ0) is 9.68. The molecule has 1 aromatic carbocycles. The van der Waals surface area contributed by atoms with Gasteiger partial charge in [0.15, 0.2) is 0 Å². The van der Waals surface area contributed by atoms with Gasteiger partial charge >= 0.3 is 0 Å². The number of hydrogen-bond donors (Lipinski definition) is 1. The van der Waals surface area contributed by atoms with Crippen molar-refractivity contribution in [1.82, 2.24) is 4.90 Å². The second kappa shape index (κ2) is 5.00. The Labute approximate surface area is 79.8 Å². The number of hydrogen-bond acceptors (Lipinski definition) is 2. The largest absolute Gasteiger partial charge is 0.387 e. The Morgan fingerprint density at radius 3 is 2.46 bits per heavy atom. The Morgan fingerprint density at radius 2 is 1.92 bits per heavy atom. The minimum atomic E-state index is -0.369. The summed E-state index contributed by atoms with van der Waals surface area (Å²) in [6.07, 6.45) is -0.369. The first kappa shape index (κ1) is 10.2. The van der Waals surface area contributed by atoms with Gasteiger partial charge in [-0.25, -0.2) is 0 Å². The molecule has 0 bridgehead atoms. The van der Waals surface area contributed by atoms with Crippen LogP contribution in [0.15, 0.2) is 30.3 Å². The van der Waals surface area contributed by atoms with Gasteiger partial charge in [-0.1, -0.05) is 37.3 Å². The van der Waals surface area contributed by atoms with Crippen LogP contribution >= 0.6 is 0 Å². The summed E-state index contributed by atoms with van der Waals surface area (Å²) < 4.78 is 0. The number of nitrogens with zero attached hydrogens (tertiary/aromatic N) is 1. The number of aliphatic hydroxyl groups excluding tert-OH is 1. The molecule has 0 heterocycles. The van der Waals surface area contributed by atoms with E-state index in [0.29, 0.717) is 6.54 Å². The number of benzene rings is 1. The lowest BCUT2D eigenvalue weighted by Gasteiger charge is -2.18. The highest BCUT2D eigenvalue weighted by molar-refractivity contribution is 5.17. The molecule has 1 N–H and O–H groups in total. The molecule has 0 saturated carbocycles. The third-order valence-electron chi connectivity index (χ3n) is 2.21. The second-order valence-electron chi connectivity index (χ2n) is 3.28. The van der Waals surface area contributed by atoms with Crippen LogP contribution in [0, 0.1) is 0 Å². The molecule has 2 nitrogen and oxygen atoms in total. The van der Waals surface area contributed by atoms with Crippen LogP contribution in [0.1, 0.15) is 18.6 Å². The summed E-state index contributed by atoms with van der Waals surface area (Å²) in [6, 6.07) is 9.76. The fraction of sp³-hybridized carbons (Fsp3) is 0.455. The predicted octanol–water partition coefficient (Wildman–Crippen LogP) is 1.67. The number of rotatable bonds is 4. The Morgan fingerprint density at radius 1 is 1.31 bits per heavy atom. The van der Waals surface area contributed by atoms with Crippen molar-refractivity contribution in [3.05, 3.63) is 35.9 Å². The molecule has 0 fully saturated rings. The molecule has 0 aliphatic rings. The normalized spacial score (nSPS) is 13.2. The summed E-state index contributed by atoms with van der Waals surface area (Å²) >= 11 is 0. The molecule has 0 radical (unpaired) electrons. The highest BCUT2D eigenvalue weighted by Crippen LogP contribution is 2.12. The van der Waals surface area contributed by atoms with Crippen LogP contribution in [0.4, 0.5) is 0 Å². The van der Waals surface area contributed by atoms with Crippen LogP contribution < -0.4 is 0 Å². The molecule has 2 heteroatoms. The zero-order valence-electron chi connectivity index (χ0n) is 8.27. The molecular formula is C11H17NO. The van der Waals surface area contributed by atoms with E-state index in [1.807, 2.05) is 37.4 Å². The SMILES string of the molecule is CCN(C)CC(O)c1ccccc1. The first-order valence-corrected chi connectivity index (χ1v) is 4.65. The summed E-state index contributed by atoms with van der Waals surface area (Å²) in [5.41, 5.74) is 0.989. The molecule has 0 spiro atoms. The van der Waals surface area contributed by atoms with Crippen molar-refractivity contribution in [1.29, 1.82) is 0 Å². The molecule has 0 saturated heterocycles. The first-order chi connectivity index (χ1) is 6.24. The molecule has 0 aromatic heterocycles. The highest BCUT2D eigenvalue weighted by atomic mass is 16.3. The Hall–Kier alpha value is -0.860. The molecule has 13 heavy (non-hydrogen) atoms. The van der Waals surface area contributed by atoms with E-state index in [2.05, 4.69) is 11.8 Å². The average Bonchev–Trinajstić information content (AvgIpc) is 2.19. The molecule has 72 valence electrons. The molecule has 1 unspecified atom stereocenters. The maximum absolute atomic E-state index is 9.78. The summed E-state index contributed by atoms with van der Waals surface area (Å²) in [7, 11) is 2.01. The van der Waals surface area contributed by atoms with Crippen LogP contribution in [0.2, 0.25) is 0 Å². The molecule has 0 amide bonds. The van der Waals surface area contributed by atoms with E-state index in [9.17, 15) is 5.11 Å². The molecule has 1 aromatic rings. The van der Waals surface area contributed by atoms with Gasteiger partial charge in [-0.3, -0.25) is 0 Å². The van der Waals surface area contributed by atoms with Gasteiger partial charge in [0.05, 0.1) is 6.10 Å². The van der Waals surface area contributed by atoms with Crippen LogP contribution in [0.25, 0.3) is 0 Å². The fourth-order valence-corrected chi connectivity index (χ4v) is 1.20. The summed E-state index contributed by atoms with van der Waals surface area (Å²) in [5, 5.41) is 9.78. The van der Waals surface area contributed by atoms with Gasteiger partial charge in [0.2, 0.25) is 0 Å². The monoisotopic (exact) mass is 179 g/mol. The first-order valence-electron chi connectivity index (χ1n) is 4.65. The van der Waals surface area contributed by atoms with Gasteiger partial charge in [-0.15, -0.1) is 0 Å². The maximum atomic E-state index is 9.78. The van der Waals surface area contributed by atoms with Crippen molar-refractivity contribution in [2.45, 2.75) is 13.0 Å². The van der Waals surface area contributed by atoms with E-state index in [1.54, 1.807) is 0 Å². The van der Waals surface area contributed by atoms with E-state index < -0.39 is 0 Å². The van der Waals surface area contributed by atoms with Gasteiger partial charge in [-0.05, 0) is 19.2 Å². The second-order valence-corrected chi connectivity index (χ2v) is 3.28. The zero-order valence-corrected chi connectivity index (χ0v) is 8.27. The van der Waals surface area contributed by atoms with Gasteiger partial charge in [0.1, 0.15) is 0 Å². The van der Waals surface area contributed by atoms with Crippen LogP contribution in [0.5, 0.6) is 0 Å². The summed E-state index contributed by atoms with van der Waals surface area (Å²) in [5.74, 6) is 0. The standard InChI is InChI=1S/C11H17NO/c1-3-12(2)9-11(13)10-7-5-4-6-8-10/h4-8,11,13H,3,9H2,1-2H3. The van der Waals surface area contributed by atoms with Crippen LogP contribution in [0.3, 0.4) is 0 Å². The van der Waals surface area contributed by atoms with Crippen LogP contribution in [-0.4, -0.2) is 30.1 Å². The van der Waals surface area contributed by atoms with Crippen molar-refractivity contribution in [3.63, 3.8) is 0 Å². The van der Waals surface area contributed by atoms with Crippen molar-refractivity contribution in [2.24, 2.45) is 0 Å². The highest BCUT2D eigenvalue weighted by Gasteiger charge is 2.08. The number of aliphatic hydroxyl groups is 1. The third-order valence-corrected chi connectivity index (χ3v) is 2.21. The Bertz CT molecular complexity index is 235. The fourth-order valence-electron chi connectivity index (χ4n) is 1.20. The maximum Gasteiger partial charge on any atom is 0.0916 e. The Kier molecular flexibility index (Phi) is 3.93. The molecule has 0 aliphatic carbocycles. The molecular weight excluding hydrogens is 162 g/mol. The van der Waals surface area contributed by atoms with Crippen molar-refractivity contribution >= 4 is 0 Å². The van der Waals surface area contributed by atoms with Gasteiger partial charge < -0.3 is 10.0 Å². The van der Waals surface area contributed by atoms with E-state index in [0.717, 1.165) is 12.1 Å². The van der Waals surface area contributed by atoms with Crippen molar-refractivity contribution in [3.8, 4) is 0 Å². The average molecular weight is 179 g/mol. The topological polar surface area (TPSA) is 23.5 Å². The Balaban J connectivity index is 2.53. The lowest BCUT2D eigenvalue weighted by Crippen LogP contribution is -2.24. The van der Waals surface area contributed by atoms with Crippen molar-refractivity contribution in [2.75, 3.05) is 20.1 Å². The third kappa shape index (κ3) is 3.17. The molecule has 0 aliphatic heterocycles. The van der Waals surface area contributed by atoms with Gasteiger partial charge in [-0.2, -0.15) is 0 Å². The van der Waals surface area contributed by atoms with Gasteiger partial charge in [0.25, 0.3) is 0 Å². The van der Waals surface area contributed by atoms with E-state index in [1.165, 1.54) is 0 Å². The van der Waals surface area contributed by atoms with Crippen molar-refractivity contribution < 1.29 is 5.11 Å². The van der Waals surface area contributed by atoms with E-state index in [-0.39, 0.29) is 6.10 Å². The minimum Gasteiger partial charge on any atom is -0.387 e. The predicted molar refractivity (Wildman–Crippen MR) is 54.6 cm³/mol.